The van der Waals surface area contributed by atoms with Gasteiger partial charge in [0.1, 0.15) is 6.10 Å². The maximum absolute atomic E-state index is 11.6. The molecule has 177 valence electrons. The molecule has 1 aliphatic rings. The van der Waals surface area contributed by atoms with Crippen molar-refractivity contribution in [2.24, 2.45) is 0 Å². The van der Waals surface area contributed by atoms with Crippen LogP contribution in [0.25, 0.3) is 0 Å². The molecule has 5 radical (unpaired) electrons. The zero-order valence-corrected chi connectivity index (χ0v) is 21.5. The number of rotatable bonds is 4. The van der Waals surface area contributed by atoms with Gasteiger partial charge in [-0.05, 0) is 22.3 Å². The molecular weight excluding hydrogens is 557 g/mol. The third-order valence-electron chi connectivity index (χ3n) is 5.47. The predicted molar refractivity (Wildman–Crippen MR) is 134 cm³/mol. The zero-order valence-electron chi connectivity index (χ0n) is 19.0. The molecule has 1 fully saturated rings. The average molecular weight is 578 g/mol. The molecule has 0 atom stereocenters. The third kappa shape index (κ3) is 6.71. The molecule has 1 saturated carbocycles. The number of hydrogen-bond donors (Lipinski definition) is 1. The topological polar surface area (TPSA) is 60.0 Å². The van der Waals surface area contributed by atoms with Crippen LogP contribution in [0.15, 0.2) is 121 Å². The molecule has 5 heteroatoms. The van der Waals surface area contributed by atoms with Crippen LogP contribution in [0, 0.1) is 43.1 Å². The van der Waals surface area contributed by atoms with Crippen molar-refractivity contribution in [1.82, 2.24) is 0 Å². The van der Waals surface area contributed by atoms with Crippen molar-refractivity contribution in [2.45, 2.75) is 0 Å². The number of hydrogen-bond acceptors (Lipinski definition) is 1. The Labute approximate surface area is 227 Å². The van der Waals surface area contributed by atoms with Gasteiger partial charge < -0.3 is 5.11 Å². The van der Waals surface area contributed by atoms with Crippen molar-refractivity contribution >= 4 is 9.69 Å². The zero-order chi connectivity index (χ0) is 26.3. The van der Waals surface area contributed by atoms with Gasteiger partial charge in [0, 0.05) is 11.8 Å². The van der Waals surface area contributed by atoms with Crippen LogP contribution in [0.3, 0.4) is 0 Å². The molecule has 0 aromatic heterocycles. The quantitative estimate of drug-likeness (QED) is 0.158. The minimum absolute atomic E-state index is 0.324. The Morgan fingerprint density at radius 3 is 0.833 bits per heavy atom. The Bertz CT molecular complexity index is 1070. The second-order valence-corrected chi connectivity index (χ2v) is 7.31. The van der Waals surface area contributed by atoms with Gasteiger partial charge in [0.15, 0.2) is 0 Å². The Kier molecular flexibility index (Phi) is 13.2. The number of benzene rings is 4. The van der Waals surface area contributed by atoms with E-state index in [-0.39, 0.29) is 0 Å². The van der Waals surface area contributed by atoms with Crippen LogP contribution in [0.5, 0.6) is 0 Å². The molecule has 1 N–H and O–H groups in total. The molecule has 0 bridgehead atoms. The predicted octanol–water partition coefficient (Wildman–Crippen LogP) is 7.01. The molecule has 0 unspecified atom stereocenters. The van der Waals surface area contributed by atoms with E-state index in [0.29, 0.717) is 6.10 Å². The Morgan fingerprint density at radius 2 is 0.611 bits per heavy atom. The van der Waals surface area contributed by atoms with Crippen molar-refractivity contribution in [3.05, 3.63) is 187 Å². The molecule has 0 heterocycles. The van der Waals surface area contributed by atoms with Crippen LogP contribution in [0.4, 0.5) is 0 Å². The number of aliphatic hydroxyl groups is 1. The van der Waals surface area contributed by atoms with Gasteiger partial charge in [-0.2, -0.15) is 0 Å². The number of aliphatic hydroxyl groups excluding tert-OH is 1. The monoisotopic (exact) mass is 578 g/mol. The summed E-state index contributed by atoms with van der Waals surface area (Å²) in [6.07, 6.45) is 0.324. The van der Waals surface area contributed by atoms with E-state index in [1.807, 2.05) is 90.1 Å². The van der Waals surface area contributed by atoms with Gasteiger partial charge in [-0.15, -0.1) is 0 Å². The first-order valence-corrected chi connectivity index (χ1v) is 12.9. The van der Waals surface area contributed by atoms with E-state index >= 15 is 0 Å². The summed E-state index contributed by atoms with van der Waals surface area (Å²) in [5.41, 5.74) is 4.20. The molecule has 0 spiro atoms. The number of halogens is 1. The summed E-state index contributed by atoms with van der Waals surface area (Å²) in [6.45, 7) is 9.00. The van der Waals surface area contributed by atoms with Crippen LogP contribution in [0.1, 0.15) is 22.3 Å². The maximum atomic E-state index is 11.6. The van der Waals surface area contributed by atoms with Gasteiger partial charge in [-0.3, -0.25) is 0 Å². The Balaban J connectivity index is 0.000000710. The van der Waals surface area contributed by atoms with Crippen molar-refractivity contribution < 1.29 is 31.7 Å². The molecule has 5 rings (SSSR count). The van der Waals surface area contributed by atoms with Crippen LogP contribution < -0.4 is 0 Å². The first-order chi connectivity index (χ1) is 17.8. The first-order valence-electron chi connectivity index (χ1n) is 10.7. The normalized spacial score (nSPS) is 14.3. The van der Waals surface area contributed by atoms with Crippen LogP contribution in [0.2, 0.25) is 0 Å². The summed E-state index contributed by atoms with van der Waals surface area (Å²) in [4.78, 5) is 0. The second kappa shape index (κ2) is 16.1. The van der Waals surface area contributed by atoms with E-state index in [0.717, 1.165) is 45.9 Å². The van der Waals surface area contributed by atoms with Crippen molar-refractivity contribution in [3.63, 3.8) is 0 Å². The fourth-order valence-electron chi connectivity index (χ4n) is 4.17. The fraction of sp³-hybridized carbons (Fsp3) is 0. The summed E-state index contributed by atoms with van der Waals surface area (Å²) in [5.74, 6) is 3.87. The summed E-state index contributed by atoms with van der Waals surface area (Å²) < 4.78 is 15.0. The molecule has 36 heavy (non-hydrogen) atoms. The van der Waals surface area contributed by atoms with Gasteiger partial charge >= 0.3 is 49.6 Å². The SMILES string of the molecule is O[C]1[C](c2ccccc2)[C](c2ccccc2)[C](c2ccccc2)[C]1c1ccccc1.[C-]#[O+].[C-]#[O+].[Cl][Ru+]. The van der Waals surface area contributed by atoms with Gasteiger partial charge in [-0.1, -0.05) is 121 Å². The van der Waals surface area contributed by atoms with Gasteiger partial charge in [-0.25, -0.2) is 0 Å². The molecule has 3 nitrogen and oxygen atoms in total. The summed E-state index contributed by atoms with van der Waals surface area (Å²) in [6, 6.07) is 41.0. The molecule has 4 aromatic carbocycles. The van der Waals surface area contributed by atoms with E-state index in [2.05, 4.69) is 71.5 Å². The van der Waals surface area contributed by atoms with Gasteiger partial charge in [0.2, 0.25) is 0 Å². The summed E-state index contributed by atoms with van der Waals surface area (Å²) in [5, 5.41) is 11.6. The van der Waals surface area contributed by atoms with Crippen LogP contribution in [-0.2, 0) is 26.6 Å². The Hall–Kier alpha value is -2.77. The standard InChI is InChI=1S/C29H21O.2CO.ClH.Ru/c30-29-27(23-17-9-3-10-18-23)25(21-13-5-1-6-14-21)26(22-15-7-2-8-16-22)28(29)24-19-11-4-12-20-24;2*1-2;;/h1-20,30H;;;1H;/q;;;;+2/p-1. The molecule has 0 aliphatic heterocycles. The minimum atomic E-state index is 0.324. The molecule has 4 aromatic rings. The van der Waals surface area contributed by atoms with E-state index in [1.165, 1.54) is 0 Å². The molecule has 0 amide bonds. The van der Waals surface area contributed by atoms with Crippen molar-refractivity contribution in [2.75, 3.05) is 0 Å². The van der Waals surface area contributed by atoms with Crippen molar-refractivity contribution in [3.8, 4) is 0 Å². The molecule has 0 saturated heterocycles. The molecular formula is C31H21ClO3Ru+. The van der Waals surface area contributed by atoms with Crippen LogP contribution in [-0.4, -0.2) is 5.11 Å². The second-order valence-electron chi connectivity index (χ2n) is 7.31. The van der Waals surface area contributed by atoms with E-state index < -0.39 is 0 Å². The Morgan fingerprint density at radius 1 is 0.417 bits per heavy atom. The van der Waals surface area contributed by atoms with E-state index in [1.54, 1.807) is 0 Å². The van der Waals surface area contributed by atoms with Crippen molar-refractivity contribution in [1.29, 1.82) is 0 Å². The van der Waals surface area contributed by atoms with Crippen LogP contribution >= 0.6 is 9.69 Å². The third-order valence-corrected chi connectivity index (χ3v) is 5.47. The first kappa shape index (κ1) is 29.5. The van der Waals surface area contributed by atoms with E-state index in [9.17, 15) is 5.11 Å². The van der Waals surface area contributed by atoms with Gasteiger partial charge in [0.05, 0.1) is 11.8 Å². The molecule has 1 aliphatic carbocycles. The summed E-state index contributed by atoms with van der Waals surface area (Å²) >= 11 is 1.82. The van der Waals surface area contributed by atoms with Gasteiger partial charge in [0.25, 0.3) is 0 Å². The van der Waals surface area contributed by atoms with E-state index in [4.69, 9.17) is 9.30 Å². The fourth-order valence-corrected chi connectivity index (χ4v) is 4.17. The summed E-state index contributed by atoms with van der Waals surface area (Å²) in [7, 11) is 4.57. The average Bonchev–Trinajstić information content (AvgIpc) is 3.30.